The van der Waals surface area contributed by atoms with E-state index in [2.05, 4.69) is 15.1 Å². The molecule has 41 heavy (non-hydrogen) atoms. The van der Waals surface area contributed by atoms with Crippen LogP contribution in [0, 0.1) is 0 Å². The molecule has 0 unspecified atom stereocenters. The summed E-state index contributed by atoms with van der Waals surface area (Å²) in [5, 5.41) is 9.23. The zero-order valence-electron chi connectivity index (χ0n) is 22.6. The summed E-state index contributed by atoms with van der Waals surface area (Å²) in [5.41, 5.74) is 2.44. The summed E-state index contributed by atoms with van der Waals surface area (Å²) in [6.45, 7) is 1.81. The van der Waals surface area contributed by atoms with Gasteiger partial charge in [0.25, 0.3) is 0 Å². The molecule has 1 aliphatic heterocycles. The van der Waals surface area contributed by atoms with Gasteiger partial charge in [0.1, 0.15) is 5.75 Å². The van der Waals surface area contributed by atoms with Gasteiger partial charge in [-0.25, -0.2) is 8.42 Å². The van der Waals surface area contributed by atoms with E-state index in [4.69, 9.17) is 16.3 Å². The van der Waals surface area contributed by atoms with Crippen molar-refractivity contribution in [3.63, 3.8) is 0 Å². The second-order valence-electron chi connectivity index (χ2n) is 9.59. The first-order chi connectivity index (χ1) is 19.8. The van der Waals surface area contributed by atoms with Crippen molar-refractivity contribution < 1.29 is 17.9 Å². The summed E-state index contributed by atoms with van der Waals surface area (Å²) >= 11 is 5.97. The SMILES string of the molecule is COc1cccc(-c2ccc(N3CCN(C(=O)CN(Cc4ccccc4)S(=O)(=O)c4ccc(Cl)cc4)CC3)nn2)c1. The average Bonchev–Trinajstić information content (AvgIpc) is 3.01. The van der Waals surface area contributed by atoms with Gasteiger partial charge >= 0.3 is 0 Å². The largest absolute Gasteiger partial charge is 0.497 e. The number of sulfonamides is 1. The average molecular weight is 592 g/mol. The number of halogens is 1. The number of hydrogen-bond donors (Lipinski definition) is 0. The predicted molar refractivity (Wildman–Crippen MR) is 158 cm³/mol. The van der Waals surface area contributed by atoms with Crippen LogP contribution in [-0.2, 0) is 21.4 Å². The molecular formula is C30H30ClN5O4S. The Morgan fingerprint density at radius 1 is 0.902 bits per heavy atom. The van der Waals surface area contributed by atoms with Crippen LogP contribution >= 0.6 is 11.6 Å². The number of carbonyl (C=O) groups is 1. The van der Waals surface area contributed by atoms with E-state index in [0.717, 1.165) is 28.4 Å². The number of amides is 1. The summed E-state index contributed by atoms with van der Waals surface area (Å²) in [6.07, 6.45) is 0. The van der Waals surface area contributed by atoms with Crippen molar-refractivity contribution in [2.45, 2.75) is 11.4 Å². The van der Waals surface area contributed by atoms with Crippen molar-refractivity contribution in [1.29, 1.82) is 0 Å². The van der Waals surface area contributed by atoms with Crippen LogP contribution in [0.5, 0.6) is 5.75 Å². The number of aromatic nitrogens is 2. The topological polar surface area (TPSA) is 95.9 Å². The summed E-state index contributed by atoms with van der Waals surface area (Å²) in [7, 11) is -2.32. The Balaban J connectivity index is 1.24. The minimum absolute atomic E-state index is 0.0761. The van der Waals surface area contributed by atoms with E-state index in [9.17, 15) is 13.2 Å². The molecule has 0 aliphatic carbocycles. The summed E-state index contributed by atoms with van der Waals surface area (Å²) in [5.74, 6) is 1.22. The van der Waals surface area contributed by atoms with Crippen LogP contribution in [-0.4, -0.2) is 73.6 Å². The molecule has 11 heteroatoms. The van der Waals surface area contributed by atoms with Crippen LogP contribution in [0.3, 0.4) is 0 Å². The molecule has 0 bridgehead atoms. The maximum atomic E-state index is 13.6. The molecule has 1 aliphatic rings. The third-order valence-corrected chi connectivity index (χ3v) is 9.00. The number of nitrogens with zero attached hydrogens (tertiary/aromatic N) is 5. The van der Waals surface area contributed by atoms with Crippen LogP contribution in [0.25, 0.3) is 11.3 Å². The summed E-state index contributed by atoms with van der Waals surface area (Å²) in [6, 6.07) is 26.7. The van der Waals surface area contributed by atoms with Crippen molar-refractivity contribution in [2.24, 2.45) is 0 Å². The van der Waals surface area contributed by atoms with Gasteiger partial charge < -0.3 is 14.5 Å². The molecule has 0 saturated carbocycles. The fourth-order valence-corrected chi connectivity index (χ4v) is 6.14. The molecular weight excluding hydrogens is 562 g/mol. The van der Waals surface area contributed by atoms with E-state index in [1.54, 1.807) is 12.0 Å². The van der Waals surface area contributed by atoms with E-state index in [1.165, 1.54) is 28.6 Å². The molecule has 212 valence electrons. The molecule has 4 aromatic rings. The Morgan fingerprint density at radius 3 is 2.29 bits per heavy atom. The zero-order chi connectivity index (χ0) is 28.8. The van der Waals surface area contributed by atoms with E-state index in [1.807, 2.05) is 66.7 Å². The zero-order valence-corrected chi connectivity index (χ0v) is 24.1. The maximum absolute atomic E-state index is 13.6. The van der Waals surface area contributed by atoms with E-state index in [-0.39, 0.29) is 23.9 Å². The number of anilines is 1. The number of piperazine rings is 1. The Labute approximate surface area is 245 Å². The van der Waals surface area contributed by atoms with Gasteiger partial charge in [0.15, 0.2) is 5.82 Å². The Kier molecular flexibility index (Phi) is 8.82. The Bertz CT molecular complexity index is 1580. The highest BCUT2D eigenvalue weighted by atomic mass is 35.5. The minimum atomic E-state index is -3.94. The van der Waals surface area contributed by atoms with Gasteiger partial charge in [-0.2, -0.15) is 4.31 Å². The first-order valence-corrected chi connectivity index (χ1v) is 15.0. The predicted octanol–water partition coefficient (Wildman–Crippen LogP) is 4.35. The van der Waals surface area contributed by atoms with Crippen LogP contribution in [0.4, 0.5) is 5.82 Å². The number of benzene rings is 3. The Hall–Kier alpha value is -3.99. The molecule has 1 saturated heterocycles. The van der Waals surface area contributed by atoms with Crippen LogP contribution in [0.1, 0.15) is 5.56 Å². The standard InChI is InChI=1S/C30H30ClN5O4S/c1-40-26-9-5-8-24(20-26)28-14-15-29(33-32-28)34-16-18-35(19-17-34)30(37)22-36(21-23-6-3-2-4-7-23)41(38,39)27-12-10-25(31)11-13-27/h2-15,20H,16-19,21-22H2,1H3. The van der Waals surface area contributed by atoms with Gasteiger partial charge in [0.05, 0.1) is 24.2 Å². The van der Waals surface area contributed by atoms with Gasteiger partial charge in [0, 0.05) is 43.3 Å². The molecule has 0 radical (unpaired) electrons. The lowest BCUT2D eigenvalue weighted by atomic mass is 10.1. The highest BCUT2D eigenvalue weighted by Gasteiger charge is 2.30. The third-order valence-electron chi connectivity index (χ3n) is 6.94. The van der Waals surface area contributed by atoms with Gasteiger partial charge in [-0.3, -0.25) is 4.79 Å². The van der Waals surface area contributed by atoms with Crippen LogP contribution < -0.4 is 9.64 Å². The smallest absolute Gasteiger partial charge is 0.243 e. The molecule has 1 aromatic heterocycles. The van der Waals surface area contributed by atoms with Crippen molar-refractivity contribution in [1.82, 2.24) is 19.4 Å². The normalized spacial score (nSPS) is 13.8. The fourth-order valence-electron chi connectivity index (χ4n) is 4.63. The van der Waals surface area contributed by atoms with Crippen LogP contribution in [0.15, 0.2) is 95.9 Å². The lowest BCUT2D eigenvalue weighted by Gasteiger charge is -2.36. The number of methoxy groups -OCH3 is 1. The third kappa shape index (κ3) is 6.84. The van der Waals surface area contributed by atoms with Gasteiger partial charge in [-0.1, -0.05) is 54.1 Å². The molecule has 9 nitrogen and oxygen atoms in total. The second-order valence-corrected chi connectivity index (χ2v) is 12.0. The number of rotatable bonds is 9. The summed E-state index contributed by atoms with van der Waals surface area (Å²) in [4.78, 5) is 17.2. The number of carbonyl (C=O) groups excluding carboxylic acids is 1. The molecule has 3 aromatic carbocycles. The van der Waals surface area contributed by atoms with Crippen molar-refractivity contribution >= 4 is 33.3 Å². The number of ether oxygens (including phenoxy) is 1. The van der Waals surface area contributed by atoms with Crippen molar-refractivity contribution in [3.8, 4) is 17.0 Å². The highest BCUT2D eigenvalue weighted by Crippen LogP contribution is 2.24. The Morgan fingerprint density at radius 2 is 1.63 bits per heavy atom. The minimum Gasteiger partial charge on any atom is -0.497 e. The van der Waals surface area contributed by atoms with E-state index in [0.29, 0.717) is 31.2 Å². The van der Waals surface area contributed by atoms with Crippen molar-refractivity contribution in [2.75, 3.05) is 44.7 Å². The van der Waals surface area contributed by atoms with Gasteiger partial charge in [0.2, 0.25) is 15.9 Å². The lowest BCUT2D eigenvalue weighted by molar-refractivity contribution is -0.131. The number of hydrogen-bond acceptors (Lipinski definition) is 7. The monoisotopic (exact) mass is 591 g/mol. The van der Waals surface area contributed by atoms with E-state index < -0.39 is 10.0 Å². The molecule has 0 N–H and O–H groups in total. The highest BCUT2D eigenvalue weighted by molar-refractivity contribution is 7.89. The molecule has 0 atom stereocenters. The quantitative estimate of drug-likeness (QED) is 0.286. The van der Waals surface area contributed by atoms with Gasteiger partial charge in [-0.15, -0.1) is 10.2 Å². The first-order valence-electron chi connectivity index (χ1n) is 13.1. The molecule has 1 amide bonds. The maximum Gasteiger partial charge on any atom is 0.243 e. The van der Waals surface area contributed by atoms with Crippen molar-refractivity contribution in [3.05, 3.63) is 102 Å². The lowest BCUT2D eigenvalue weighted by Crippen LogP contribution is -2.52. The van der Waals surface area contributed by atoms with E-state index >= 15 is 0 Å². The van der Waals surface area contributed by atoms with Crippen LogP contribution in [0.2, 0.25) is 5.02 Å². The second kappa shape index (κ2) is 12.7. The molecule has 1 fully saturated rings. The molecule has 2 heterocycles. The fraction of sp³-hybridized carbons (Fsp3) is 0.233. The van der Waals surface area contributed by atoms with Gasteiger partial charge in [-0.05, 0) is 54.1 Å². The summed E-state index contributed by atoms with van der Waals surface area (Å²) < 4.78 is 33.6. The first kappa shape index (κ1) is 28.5. The molecule has 0 spiro atoms. The molecule has 5 rings (SSSR count).